The monoisotopic (exact) mass is 250 g/mol. The van der Waals surface area contributed by atoms with Gasteiger partial charge in [-0.15, -0.1) is 0 Å². The minimum Gasteiger partial charge on any atom is -0.351 e. The van der Waals surface area contributed by atoms with Crippen molar-refractivity contribution in [2.45, 2.75) is 34.1 Å². The lowest BCUT2D eigenvalue weighted by Crippen LogP contribution is -2.28. The SMILES string of the molecule is Cc1cc(C(=O)CN(C)CCC(C)C)c(C)n1C. The summed E-state index contributed by atoms with van der Waals surface area (Å²) in [5.74, 6) is 0.908. The molecule has 0 saturated heterocycles. The molecule has 0 aliphatic heterocycles. The molecule has 1 rings (SSSR count). The smallest absolute Gasteiger partial charge is 0.178 e. The molecule has 0 fully saturated rings. The second kappa shape index (κ2) is 6.19. The van der Waals surface area contributed by atoms with E-state index in [1.54, 1.807) is 0 Å². The van der Waals surface area contributed by atoms with Crippen molar-refractivity contribution in [2.24, 2.45) is 13.0 Å². The van der Waals surface area contributed by atoms with Crippen LogP contribution >= 0.6 is 0 Å². The van der Waals surface area contributed by atoms with E-state index < -0.39 is 0 Å². The molecule has 0 atom stereocenters. The van der Waals surface area contributed by atoms with Crippen molar-refractivity contribution in [3.8, 4) is 0 Å². The van der Waals surface area contributed by atoms with Crippen molar-refractivity contribution in [3.63, 3.8) is 0 Å². The standard InChI is InChI=1S/C15H26N2O/c1-11(2)7-8-16(5)10-15(18)14-9-12(3)17(6)13(14)4/h9,11H,7-8,10H2,1-6H3. The summed E-state index contributed by atoms with van der Waals surface area (Å²) in [5.41, 5.74) is 3.07. The molecular weight excluding hydrogens is 224 g/mol. The molecule has 0 aromatic carbocycles. The Morgan fingerprint density at radius 3 is 2.44 bits per heavy atom. The number of hydrogen-bond acceptors (Lipinski definition) is 2. The molecule has 0 aliphatic carbocycles. The highest BCUT2D eigenvalue weighted by Gasteiger charge is 2.15. The molecule has 0 bridgehead atoms. The van der Waals surface area contributed by atoms with Gasteiger partial charge in [0.15, 0.2) is 5.78 Å². The van der Waals surface area contributed by atoms with Crippen LogP contribution in [-0.4, -0.2) is 35.4 Å². The number of nitrogens with zero attached hydrogens (tertiary/aromatic N) is 2. The minimum atomic E-state index is 0.224. The topological polar surface area (TPSA) is 25.2 Å². The maximum atomic E-state index is 12.2. The van der Waals surface area contributed by atoms with Crippen LogP contribution in [-0.2, 0) is 7.05 Å². The van der Waals surface area contributed by atoms with Crippen molar-refractivity contribution in [3.05, 3.63) is 23.0 Å². The van der Waals surface area contributed by atoms with Gasteiger partial charge in [0, 0.05) is 24.0 Å². The highest BCUT2D eigenvalue weighted by atomic mass is 16.1. The molecule has 1 heterocycles. The number of carbonyl (C=O) groups is 1. The van der Waals surface area contributed by atoms with Crippen LogP contribution in [0.15, 0.2) is 6.07 Å². The first-order chi connectivity index (χ1) is 8.32. The summed E-state index contributed by atoms with van der Waals surface area (Å²) < 4.78 is 2.07. The maximum Gasteiger partial charge on any atom is 0.178 e. The first-order valence-electron chi connectivity index (χ1n) is 6.67. The molecule has 0 unspecified atom stereocenters. The van der Waals surface area contributed by atoms with Crippen molar-refractivity contribution in [1.29, 1.82) is 0 Å². The van der Waals surface area contributed by atoms with Crippen molar-refractivity contribution < 1.29 is 4.79 Å². The lowest BCUT2D eigenvalue weighted by Gasteiger charge is -2.16. The fourth-order valence-corrected chi connectivity index (χ4v) is 2.03. The first-order valence-corrected chi connectivity index (χ1v) is 6.67. The predicted molar refractivity (Wildman–Crippen MR) is 76.2 cm³/mol. The van der Waals surface area contributed by atoms with Gasteiger partial charge in [0.2, 0.25) is 0 Å². The molecule has 102 valence electrons. The molecular formula is C15H26N2O. The van der Waals surface area contributed by atoms with Crippen LogP contribution in [0.3, 0.4) is 0 Å². The van der Waals surface area contributed by atoms with E-state index in [-0.39, 0.29) is 5.78 Å². The number of hydrogen-bond donors (Lipinski definition) is 0. The Kier molecular flexibility index (Phi) is 5.15. The van der Waals surface area contributed by atoms with Crippen LogP contribution in [0, 0.1) is 19.8 Å². The Balaban J connectivity index is 2.62. The molecule has 0 N–H and O–H groups in total. The number of aryl methyl sites for hydroxylation is 1. The lowest BCUT2D eigenvalue weighted by atomic mass is 10.1. The Labute approximate surface area is 111 Å². The molecule has 0 spiro atoms. The normalized spacial score (nSPS) is 11.6. The number of likely N-dealkylation sites (N-methyl/N-ethyl adjacent to an activating group) is 1. The van der Waals surface area contributed by atoms with E-state index in [0.29, 0.717) is 12.5 Å². The van der Waals surface area contributed by atoms with E-state index in [9.17, 15) is 4.79 Å². The summed E-state index contributed by atoms with van der Waals surface area (Å²) in [6, 6.07) is 1.99. The average molecular weight is 250 g/mol. The summed E-state index contributed by atoms with van der Waals surface area (Å²) in [6.07, 6.45) is 1.14. The van der Waals surface area contributed by atoms with Gasteiger partial charge in [0.25, 0.3) is 0 Å². The Morgan fingerprint density at radius 2 is 2.00 bits per heavy atom. The summed E-state index contributed by atoms with van der Waals surface area (Å²) >= 11 is 0. The molecule has 3 nitrogen and oxygen atoms in total. The van der Waals surface area contributed by atoms with E-state index in [1.165, 1.54) is 0 Å². The van der Waals surface area contributed by atoms with Gasteiger partial charge in [-0.25, -0.2) is 0 Å². The van der Waals surface area contributed by atoms with Gasteiger partial charge in [0.05, 0.1) is 6.54 Å². The van der Waals surface area contributed by atoms with Crippen LogP contribution < -0.4 is 0 Å². The van der Waals surface area contributed by atoms with Crippen LogP contribution in [0.1, 0.15) is 42.0 Å². The third kappa shape index (κ3) is 3.70. The van der Waals surface area contributed by atoms with Gasteiger partial charge in [-0.3, -0.25) is 9.69 Å². The predicted octanol–water partition coefficient (Wildman–Crippen LogP) is 2.80. The first kappa shape index (κ1) is 15.0. The van der Waals surface area contributed by atoms with E-state index in [0.717, 1.165) is 29.9 Å². The Morgan fingerprint density at radius 1 is 1.39 bits per heavy atom. The second-order valence-electron chi connectivity index (χ2n) is 5.69. The number of carbonyl (C=O) groups excluding carboxylic acids is 1. The van der Waals surface area contributed by atoms with Crippen molar-refractivity contribution in [2.75, 3.05) is 20.1 Å². The quantitative estimate of drug-likeness (QED) is 0.725. The average Bonchev–Trinajstić information content (AvgIpc) is 2.54. The summed E-state index contributed by atoms with van der Waals surface area (Å²) in [4.78, 5) is 14.3. The fraction of sp³-hybridized carbons (Fsp3) is 0.667. The zero-order valence-corrected chi connectivity index (χ0v) is 12.6. The van der Waals surface area contributed by atoms with Gasteiger partial charge in [0.1, 0.15) is 0 Å². The van der Waals surface area contributed by atoms with E-state index in [1.807, 2.05) is 34.0 Å². The van der Waals surface area contributed by atoms with Crippen LogP contribution in [0.5, 0.6) is 0 Å². The zero-order chi connectivity index (χ0) is 13.9. The highest BCUT2D eigenvalue weighted by molar-refractivity contribution is 5.98. The molecule has 0 radical (unpaired) electrons. The minimum absolute atomic E-state index is 0.224. The van der Waals surface area contributed by atoms with Crippen LogP contribution in [0.2, 0.25) is 0 Å². The third-order valence-corrected chi connectivity index (χ3v) is 3.58. The lowest BCUT2D eigenvalue weighted by molar-refractivity contribution is 0.0943. The summed E-state index contributed by atoms with van der Waals surface area (Å²) in [5, 5.41) is 0. The molecule has 1 aromatic rings. The van der Waals surface area contributed by atoms with Gasteiger partial charge in [-0.1, -0.05) is 13.8 Å². The second-order valence-corrected chi connectivity index (χ2v) is 5.69. The molecule has 0 saturated carbocycles. The van der Waals surface area contributed by atoms with Gasteiger partial charge < -0.3 is 4.57 Å². The van der Waals surface area contributed by atoms with Gasteiger partial charge in [-0.2, -0.15) is 0 Å². The number of aromatic nitrogens is 1. The van der Waals surface area contributed by atoms with Crippen molar-refractivity contribution >= 4 is 5.78 Å². The van der Waals surface area contributed by atoms with E-state index in [2.05, 4.69) is 23.3 Å². The maximum absolute atomic E-state index is 12.2. The third-order valence-electron chi connectivity index (χ3n) is 3.58. The van der Waals surface area contributed by atoms with Gasteiger partial charge in [-0.05, 0) is 45.8 Å². The van der Waals surface area contributed by atoms with Gasteiger partial charge >= 0.3 is 0 Å². The summed E-state index contributed by atoms with van der Waals surface area (Å²) in [7, 11) is 4.02. The Bertz CT molecular complexity index is 418. The molecule has 0 aliphatic rings. The molecule has 1 aromatic heterocycles. The van der Waals surface area contributed by atoms with Crippen LogP contribution in [0.25, 0.3) is 0 Å². The number of rotatable bonds is 6. The van der Waals surface area contributed by atoms with Crippen LogP contribution in [0.4, 0.5) is 0 Å². The fourth-order valence-electron chi connectivity index (χ4n) is 2.03. The summed E-state index contributed by atoms with van der Waals surface area (Å²) in [6.45, 7) is 9.95. The molecule has 18 heavy (non-hydrogen) atoms. The molecule has 3 heteroatoms. The van der Waals surface area contributed by atoms with E-state index in [4.69, 9.17) is 0 Å². The Hall–Kier alpha value is -1.09. The molecule has 0 amide bonds. The van der Waals surface area contributed by atoms with E-state index >= 15 is 0 Å². The highest BCUT2D eigenvalue weighted by Crippen LogP contribution is 2.14. The van der Waals surface area contributed by atoms with Crippen molar-refractivity contribution in [1.82, 2.24) is 9.47 Å². The zero-order valence-electron chi connectivity index (χ0n) is 12.6. The number of Topliss-reactive ketones (excluding diaryl/α,β-unsaturated/α-hetero) is 1. The number of ketones is 1. The largest absolute Gasteiger partial charge is 0.351 e.